The summed E-state index contributed by atoms with van der Waals surface area (Å²) in [5.41, 5.74) is 0. The molecule has 1 saturated heterocycles. The molecule has 0 aliphatic carbocycles. The molecule has 2 unspecified atom stereocenters. The molecule has 0 aromatic carbocycles. The average molecular weight is 229 g/mol. The minimum atomic E-state index is -0.723. The first kappa shape index (κ1) is 13.4. The molecule has 5 heteroatoms. The standard InChI is InChI=1S/C11H23N3O2/c1-9-7-14(5-4-13(2)3)8-10(12-9)6-11(15)16/h9-10,12H,4-8H2,1-3H3,(H,15,16). The quantitative estimate of drug-likeness (QED) is 0.677. The van der Waals surface area contributed by atoms with Gasteiger partial charge in [0.25, 0.3) is 0 Å². The average Bonchev–Trinajstić information content (AvgIpc) is 2.12. The highest BCUT2D eigenvalue weighted by Gasteiger charge is 2.25. The van der Waals surface area contributed by atoms with Crippen molar-refractivity contribution >= 4 is 5.97 Å². The van der Waals surface area contributed by atoms with Crippen molar-refractivity contribution in [2.75, 3.05) is 40.3 Å². The second-order valence-electron chi connectivity index (χ2n) is 4.93. The fraction of sp³-hybridized carbons (Fsp3) is 0.909. The first-order valence-corrected chi connectivity index (χ1v) is 5.82. The van der Waals surface area contributed by atoms with E-state index in [9.17, 15) is 4.79 Å². The minimum Gasteiger partial charge on any atom is -0.481 e. The molecule has 0 bridgehead atoms. The van der Waals surface area contributed by atoms with E-state index in [1.807, 2.05) is 0 Å². The number of hydrogen-bond donors (Lipinski definition) is 2. The van der Waals surface area contributed by atoms with E-state index in [4.69, 9.17) is 5.11 Å². The van der Waals surface area contributed by atoms with Crippen molar-refractivity contribution in [2.45, 2.75) is 25.4 Å². The molecule has 0 aromatic rings. The number of nitrogens with zero attached hydrogens (tertiary/aromatic N) is 2. The number of carboxylic acids is 1. The number of hydrogen-bond acceptors (Lipinski definition) is 4. The van der Waals surface area contributed by atoms with E-state index >= 15 is 0 Å². The highest BCUT2D eigenvalue weighted by Crippen LogP contribution is 2.07. The van der Waals surface area contributed by atoms with E-state index in [-0.39, 0.29) is 12.5 Å². The van der Waals surface area contributed by atoms with Crippen molar-refractivity contribution < 1.29 is 9.90 Å². The van der Waals surface area contributed by atoms with E-state index in [1.165, 1.54) is 0 Å². The van der Waals surface area contributed by atoms with Crippen LogP contribution >= 0.6 is 0 Å². The van der Waals surface area contributed by atoms with Gasteiger partial charge in [-0.15, -0.1) is 0 Å². The predicted molar refractivity (Wildman–Crippen MR) is 63.6 cm³/mol. The molecule has 94 valence electrons. The first-order valence-electron chi connectivity index (χ1n) is 5.82. The summed E-state index contributed by atoms with van der Waals surface area (Å²) in [6, 6.07) is 0.462. The van der Waals surface area contributed by atoms with Gasteiger partial charge in [-0.2, -0.15) is 0 Å². The number of piperazine rings is 1. The lowest BCUT2D eigenvalue weighted by Gasteiger charge is -2.37. The van der Waals surface area contributed by atoms with Crippen LogP contribution in [-0.4, -0.2) is 73.2 Å². The van der Waals surface area contributed by atoms with E-state index in [1.54, 1.807) is 0 Å². The Labute approximate surface area is 97.4 Å². The molecule has 0 spiro atoms. The van der Waals surface area contributed by atoms with Crippen LogP contribution in [0.15, 0.2) is 0 Å². The Morgan fingerprint density at radius 3 is 2.75 bits per heavy atom. The van der Waals surface area contributed by atoms with Crippen LogP contribution in [0.1, 0.15) is 13.3 Å². The van der Waals surface area contributed by atoms with Crippen molar-refractivity contribution in [3.63, 3.8) is 0 Å². The largest absolute Gasteiger partial charge is 0.481 e. The first-order chi connectivity index (χ1) is 7.47. The van der Waals surface area contributed by atoms with Gasteiger partial charge in [-0.05, 0) is 21.0 Å². The van der Waals surface area contributed by atoms with Gasteiger partial charge in [0.2, 0.25) is 0 Å². The normalized spacial score (nSPS) is 27.2. The second kappa shape index (κ2) is 6.18. The SMILES string of the molecule is CC1CN(CCN(C)C)CC(CC(=O)O)N1. The van der Waals surface area contributed by atoms with Gasteiger partial charge in [-0.1, -0.05) is 0 Å². The summed E-state index contributed by atoms with van der Waals surface area (Å²) in [5, 5.41) is 12.1. The summed E-state index contributed by atoms with van der Waals surface area (Å²) < 4.78 is 0. The molecule has 5 nitrogen and oxygen atoms in total. The molecule has 16 heavy (non-hydrogen) atoms. The Morgan fingerprint density at radius 2 is 2.19 bits per heavy atom. The van der Waals surface area contributed by atoms with Crippen LogP contribution < -0.4 is 5.32 Å². The fourth-order valence-corrected chi connectivity index (χ4v) is 2.14. The fourth-order valence-electron chi connectivity index (χ4n) is 2.14. The summed E-state index contributed by atoms with van der Waals surface area (Å²) >= 11 is 0. The molecule has 0 amide bonds. The zero-order valence-electron chi connectivity index (χ0n) is 10.4. The molecule has 0 saturated carbocycles. The van der Waals surface area contributed by atoms with E-state index < -0.39 is 5.97 Å². The highest BCUT2D eigenvalue weighted by atomic mass is 16.4. The highest BCUT2D eigenvalue weighted by molar-refractivity contribution is 5.67. The van der Waals surface area contributed by atoms with Crippen LogP contribution in [0.25, 0.3) is 0 Å². The number of carbonyl (C=O) groups is 1. The third-order valence-electron chi connectivity index (χ3n) is 2.82. The second-order valence-corrected chi connectivity index (χ2v) is 4.93. The molecule has 2 N–H and O–H groups in total. The summed E-state index contributed by atoms with van der Waals surface area (Å²) in [6.45, 7) is 5.98. The summed E-state index contributed by atoms with van der Waals surface area (Å²) in [6.07, 6.45) is 0.211. The van der Waals surface area contributed by atoms with Crippen LogP contribution in [0, 0.1) is 0 Å². The van der Waals surface area contributed by atoms with Gasteiger partial charge in [0, 0.05) is 38.3 Å². The van der Waals surface area contributed by atoms with Gasteiger partial charge in [0.15, 0.2) is 0 Å². The van der Waals surface area contributed by atoms with Gasteiger partial charge in [0.1, 0.15) is 0 Å². The van der Waals surface area contributed by atoms with Gasteiger partial charge in [-0.3, -0.25) is 9.69 Å². The molecule has 1 aliphatic rings. The molecular formula is C11H23N3O2. The van der Waals surface area contributed by atoms with Gasteiger partial charge >= 0.3 is 5.97 Å². The topological polar surface area (TPSA) is 55.8 Å². The monoisotopic (exact) mass is 229 g/mol. The van der Waals surface area contributed by atoms with Crippen LogP contribution in [0.4, 0.5) is 0 Å². The molecule has 1 rings (SSSR count). The van der Waals surface area contributed by atoms with Crippen LogP contribution in [0.3, 0.4) is 0 Å². The minimum absolute atomic E-state index is 0.0865. The van der Waals surface area contributed by atoms with Crippen molar-refractivity contribution in [2.24, 2.45) is 0 Å². The van der Waals surface area contributed by atoms with Crippen LogP contribution in [0.2, 0.25) is 0 Å². The Bertz CT molecular complexity index is 233. The van der Waals surface area contributed by atoms with Crippen molar-refractivity contribution in [3.05, 3.63) is 0 Å². The Hall–Kier alpha value is -0.650. The van der Waals surface area contributed by atoms with Crippen LogP contribution in [-0.2, 0) is 4.79 Å². The number of likely N-dealkylation sites (N-methyl/N-ethyl adjacent to an activating group) is 1. The van der Waals surface area contributed by atoms with Crippen LogP contribution in [0.5, 0.6) is 0 Å². The number of rotatable bonds is 5. The molecule has 1 fully saturated rings. The molecule has 0 radical (unpaired) electrons. The predicted octanol–water partition coefficient (Wildman–Crippen LogP) is -0.315. The maximum absolute atomic E-state index is 10.7. The lowest BCUT2D eigenvalue weighted by molar-refractivity contribution is -0.137. The Balaban J connectivity index is 2.38. The lowest BCUT2D eigenvalue weighted by atomic mass is 10.1. The summed E-state index contributed by atoms with van der Waals surface area (Å²) in [4.78, 5) is 15.2. The lowest BCUT2D eigenvalue weighted by Crippen LogP contribution is -2.56. The van der Waals surface area contributed by atoms with Crippen molar-refractivity contribution in [3.8, 4) is 0 Å². The van der Waals surface area contributed by atoms with Gasteiger partial charge in [-0.25, -0.2) is 0 Å². The summed E-state index contributed by atoms with van der Waals surface area (Å²) in [5.74, 6) is -0.723. The maximum Gasteiger partial charge on any atom is 0.304 e. The zero-order valence-corrected chi connectivity index (χ0v) is 10.4. The van der Waals surface area contributed by atoms with Gasteiger partial charge < -0.3 is 15.3 Å². The smallest absolute Gasteiger partial charge is 0.304 e. The molecule has 1 aliphatic heterocycles. The molecule has 0 aromatic heterocycles. The maximum atomic E-state index is 10.7. The van der Waals surface area contributed by atoms with E-state index in [2.05, 4.69) is 36.1 Å². The van der Waals surface area contributed by atoms with Crippen molar-refractivity contribution in [1.29, 1.82) is 0 Å². The van der Waals surface area contributed by atoms with Crippen molar-refractivity contribution in [1.82, 2.24) is 15.1 Å². The number of nitrogens with one attached hydrogen (secondary N) is 1. The Morgan fingerprint density at radius 1 is 1.50 bits per heavy atom. The molecule has 1 heterocycles. The zero-order chi connectivity index (χ0) is 12.1. The third-order valence-corrected chi connectivity index (χ3v) is 2.82. The third kappa shape index (κ3) is 4.92. The van der Waals surface area contributed by atoms with E-state index in [0.29, 0.717) is 6.04 Å². The Kier molecular flexibility index (Phi) is 5.18. The summed E-state index contributed by atoms with van der Waals surface area (Å²) in [7, 11) is 4.11. The van der Waals surface area contributed by atoms with Gasteiger partial charge in [0.05, 0.1) is 6.42 Å². The number of carboxylic acid groups (broad SMARTS) is 1. The molecule has 2 atom stereocenters. The molecular weight excluding hydrogens is 206 g/mol. The number of aliphatic carboxylic acids is 1. The van der Waals surface area contributed by atoms with E-state index in [0.717, 1.165) is 26.2 Å².